The minimum Gasteiger partial charge on any atom is -0.370 e. The molecule has 86 valence electrons. The van der Waals surface area contributed by atoms with Crippen molar-refractivity contribution in [2.75, 3.05) is 6.61 Å². The van der Waals surface area contributed by atoms with Crippen molar-refractivity contribution in [3.05, 3.63) is 35.4 Å². The molecule has 0 aromatic heterocycles. The topological polar surface area (TPSA) is 26.3 Å². The molecule has 2 nitrogen and oxygen atoms in total. The first-order chi connectivity index (χ1) is 7.68. The first kappa shape index (κ1) is 11.2. The van der Waals surface area contributed by atoms with E-state index >= 15 is 0 Å². The molecule has 1 saturated heterocycles. The summed E-state index contributed by atoms with van der Waals surface area (Å²) >= 11 is 0. The first-order valence-corrected chi connectivity index (χ1v) is 5.29. The molecule has 1 aliphatic rings. The Morgan fingerprint density at radius 3 is 2.81 bits per heavy atom. The Balaban J connectivity index is 2.22. The number of hydrogen-bond acceptors (Lipinski definition) is 2. The normalized spacial score (nSPS) is 20.8. The summed E-state index contributed by atoms with van der Waals surface area (Å²) in [6, 6.07) is 2.88. The van der Waals surface area contributed by atoms with Gasteiger partial charge >= 0.3 is 0 Å². The van der Waals surface area contributed by atoms with Crippen LogP contribution in [0.15, 0.2) is 18.2 Å². The zero-order valence-electron chi connectivity index (χ0n) is 8.71. The zero-order valence-corrected chi connectivity index (χ0v) is 8.71. The highest BCUT2D eigenvalue weighted by Crippen LogP contribution is 2.19. The Labute approximate surface area is 92.2 Å². The summed E-state index contributed by atoms with van der Waals surface area (Å²) in [5, 5.41) is 0. The third-order valence-corrected chi connectivity index (χ3v) is 2.67. The van der Waals surface area contributed by atoms with Gasteiger partial charge in [-0.1, -0.05) is 0 Å². The van der Waals surface area contributed by atoms with Gasteiger partial charge in [-0.25, -0.2) is 8.78 Å². The van der Waals surface area contributed by atoms with Gasteiger partial charge in [0.25, 0.3) is 0 Å². The van der Waals surface area contributed by atoms with Crippen molar-refractivity contribution in [3.63, 3.8) is 0 Å². The average molecular weight is 226 g/mol. The van der Waals surface area contributed by atoms with Gasteiger partial charge < -0.3 is 4.74 Å². The third-order valence-electron chi connectivity index (χ3n) is 2.67. The number of Topliss-reactive ketones (excluding diaryl/α,β-unsaturated/α-hetero) is 1. The van der Waals surface area contributed by atoms with E-state index in [1.165, 1.54) is 0 Å². The minimum absolute atomic E-state index is 0.216. The lowest BCUT2D eigenvalue weighted by Gasteiger charge is -2.21. The van der Waals surface area contributed by atoms with Crippen LogP contribution in [-0.2, 0) is 4.74 Å². The molecule has 0 radical (unpaired) electrons. The Kier molecular flexibility index (Phi) is 3.29. The number of carbonyl (C=O) groups excluding carboxylic acids is 1. The van der Waals surface area contributed by atoms with E-state index in [1.54, 1.807) is 0 Å². The Morgan fingerprint density at radius 1 is 1.31 bits per heavy atom. The molecule has 4 heteroatoms. The lowest BCUT2D eigenvalue weighted by molar-refractivity contribution is 0.0183. The lowest BCUT2D eigenvalue weighted by atomic mass is 9.99. The summed E-state index contributed by atoms with van der Waals surface area (Å²) in [5.74, 6) is -1.77. The molecule has 0 saturated carbocycles. The van der Waals surface area contributed by atoms with Crippen LogP contribution in [0.25, 0.3) is 0 Å². The second kappa shape index (κ2) is 4.70. The van der Waals surface area contributed by atoms with E-state index < -0.39 is 23.5 Å². The van der Waals surface area contributed by atoms with E-state index in [-0.39, 0.29) is 5.56 Å². The maximum absolute atomic E-state index is 13.3. The smallest absolute Gasteiger partial charge is 0.194 e. The molecule has 0 amide bonds. The maximum atomic E-state index is 13.3. The van der Waals surface area contributed by atoms with E-state index in [1.807, 2.05) is 0 Å². The van der Waals surface area contributed by atoms with Crippen LogP contribution >= 0.6 is 0 Å². The van der Waals surface area contributed by atoms with Crippen LogP contribution in [0.5, 0.6) is 0 Å². The molecule has 0 spiro atoms. The SMILES string of the molecule is O=C(c1cc(F)ccc1F)C1CCCCO1. The first-order valence-electron chi connectivity index (χ1n) is 5.29. The van der Waals surface area contributed by atoms with Gasteiger partial charge in [0.15, 0.2) is 5.78 Å². The Morgan fingerprint density at radius 2 is 2.12 bits per heavy atom. The molecule has 1 aromatic rings. The van der Waals surface area contributed by atoms with E-state index in [0.29, 0.717) is 13.0 Å². The maximum Gasteiger partial charge on any atom is 0.194 e. The molecule has 0 N–H and O–H groups in total. The summed E-state index contributed by atoms with van der Waals surface area (Å²) in [6.07, 6.45) is 1.75. The molecule has 0 aliphatic carbocycles. The van der Waals surface area contributed by atoms with Gasteiger partial charge in [-0.3, -0.25) is 4.79 Å². The number of halogens is 2. The highest BCUT2D eigenvalue weighted by molar-refractivity contribution is 5.99. The highest BCUT2D eigenvalue weighted by Gasteiger charge is 2.25. The van der Waals surface area contributed by atoms with Gasteiger partial charge in [-0.05, 0) is 37.5 Å². The van der Waals surface area contributed by atoms with Crippen molar-refractivity contribution in [2.45, 2.75) is 25.4 Å². The molecule has 1 aliphatic heterocycles. The van der Waals surface area contributed by atoms with E-state index in [2.05, 4.69) is 0 Å². The van der Waals surface area contributed by atoms with E-state index in [9.17, 15) is 13.6 Å². The second-order valence-corrected chi connectivity index (χ2v) is 3.84. The van der Waals surface area contributed by atoms with Crippen molar-refractivity contribution >= 4 is 5.78 Å². The fourth-order valence-corrected chi connectivity index (χ4v) is 1.81. The predicted molar refractivity (Wildman–Crippen MR) is 54.3 cm³/mol. The van der Waals surface area contributed by atoms with Gasteiger partial charge in [0, 0.05) is 6.61 Å². The number of hydrogen-bond donors (Lipinski definition) is 0. The molecular weight excluding hydrogens is 214 g/mol. The van der Waals surface area contributed by atoms with Crippen LogP contribution in [0.4, 0.5) is 8.78 Å². The second-order valence-electron chi connectivity index (χ2n) is 3.84. The third kappa shape index (κ3) is 2.27. The molecule has 1 atom stereocenters. The van der Waals surface area contributed by atoms with E-state index in [4.69, 9.17) is 4.74 Å². The zero-order chi connectivity index (χ0) is 11.5. The predicted octanol–water partition coefficient (Wildman–Crippen LogP) is 2.72. The number of ketones is 1. The van der Waals surface area contributed by atoms with Gasteiger partial charge in [0.1, 0.15) is 17.7 Å². The largest absolute Gasteiger partial charge is 0.370 e. The van der Waals surface area contributed by atoms with Crippen LogP contribution in [0, 0.1) is 11.6 Å². The molecule has 2 rings (SSSR count). The quantitative estimate of drug-likeness (QED) is 0.725. The molecule has 1 heterocycles. The monoisotopic (exact) mass is 226 g/mol. The van der Waals surface area contributed by atoms with Crippen LogP contribution in [0.1, 0.15) is 29.6 Å². The summed E-state index contributed by atoms with van der Waals surface area (Å²) in [5.41, 5.74) is -0.216. The molecule has 1 unspecified atom stereocenters. The van der Waals surface area contributed by atoms with Crippen LogP contribution < -0.4 is 0 Å². The van der Waals surface area contributed by atoms with Crippen LogP contribution in [0.2, 0.25) is 0 Å². The van der Waals surface area contributed by atoms with Gasteiger partial charge in [0.2, 0.25) is 0 Å². The lowest BCUT2D eigenvalue weighted by Crippen LogP contribution is -2.29. The van der Waals surface area contributed by atoms with Gasteiger partial charge in [0.05, 0.1) is 5.56 Å². The van der Waals surface area contributed by atoms with Crippen molar-refractivity contribution < 1.29 is 18.3 Å². The summed E-state index contributed by atoms with van der Waals surface area (Å²) in [7, 11) is 0. The standard InChI is InChI=1S/C12H12F2O2/c13-8-4-5-10(14)9(7-8)12(15)11-3-1-2-6-16-11/h4-5,7,11H,1-3,6H2. The number of ether oxygens (including phenoxy) is 1. The van der Waals surface area contributed by atoms with Crippen molar-refractivity contribution in [1.82, 2.24) is 0 Å². The fourth-order valence-electron chi connectivity index (χ4n) is 1.81. The minimum atomic E-state index is -0.694. The fraction of sp³-hybridized carbons (Fsp3) is 0.417. The average Bonchev–Trinajstić information content (AvgIpc) is 2.32. The van der Waals surface area contributed by atoms with Crippen LogP contribution in [0.3, 0.4) is 0 Å². The molecule has 1 fully saturated rings. The van der Waals surface area contributed by atoms with Gasteiger partial charge in [-0.15, -0.1) is 0 Å². The number of carbonyl (C=O) groups is 1. The molecular formula is C12H12F2O2. The molecule has 1 aromatic carbocycles. The Bertz CT molecular complexity index is 398. The van der Waals surface area contributed by atoms with Crippen LogP contribution in [-0.4, -0.2) is 18.5 Å². The summed E-state index contributed by atoms with van der Waals surface area (Å²) in [6.45, 7) is 0.507. The van der Waals surface area contributed by atoms with Crippen molar-refractivity contribution in [2.24, 2.45) is 0 Å². The Hall–Kier alpha value is -1.29. The van der Waals surface area contributed by atoms with Gasteiger partial charge in [-0.2, -0.15) is 0 Å². The highest BCUT2D eigenvalue weighted by atomic mass is 19.1. The summed E-state index contributed by atoms with van der Waals surface area (Å²) < 4.78 is 31.5. The number of rotatable bonds is 2. The van der Waals surface area contributed by atoms with E-state index in [0.717, 1.165) is 31.0 Å². The molecule has 16 heavy (non-hydrogen) atoms. The van der Waals surface area contributed by atoms with Crippen molar-refractivity contribution in [1.29, 1.82) is 0 Å². The number of benzene rings is 1. The van der Waals surface area contributed by atoms with Crippen molar-refractivity contribution in [3.8, 4) is 0 Å². The summed E-state index contributed by atoms with van der Waals surface area (Å²) in [4.78, 5) is 11.8. The molecule has 0 bridgehead atoms.